The average molecular weight is 419 g/mol. The van der Waals surface area contributed by atoms with Gasteiger partial charge in [-0.2, -0.15) is 0 Å². The number of carbonyl (C=O) groups excluding carboxylic acids is 1. The zero-order valence-corrected chi connectivity index (χ0v) is 14.6. The lowest BCUT2D eigenvalue weighted by Crippen LogP contribution is -2.01. The molecule has 2 rings (SSSR count). The predicted molar refractivity (Wildman–Crippen MR) is 85.8 cm³/mol. The van der Waals surface area contributed by atoms with Crippen LogP contribution >= 0.6 is 31.9 Å². The highest BCUT2D eigenvalue weighted by Crippen LogP contribution is 2.34. The van der Waals surface area contributed by atoms with Gasteiger partial charge in [0.15, 0.2) is 0 Å². The molecule has 0 aliphatic rings. The van der Waals surface area contributed by atoms with Crippen molar-refractivity contribution in [3.8, 4) is 5.75 Å². The largest absolute Gasteiger partial charge is 0.495 e. The van der Waals surface area contributed by atoms with E-state index in [1.807, 2.05) is 12.1 Å². The van der Waals surface area contributed by atoms with Gasteiger partial charge in [-0.3, -0.25) is 0 Å². The van der Waals surface area contributed by atoms with Gasteiger partial charge in [-0.15, -0.1) is 0 Å². The minimum absolute atomic E-state index is 0.391. The van der Waals surface area contributed by atoms with E-state index in [-0.39, 0.29) is 0 Å². The fraction of sp³-hybridized carbons (Fsp3) is 0.214. The maximum absolute atomic E-state index is 11.3. The number of halogens is 2. The van der Waals surface area contributed by atoms with E-state index >= 15 is 0 Å². The molecule has 0 atom stereocenters. The van der Waals surface area contributed by atoms with Gasteiger partial charge < -0.3 is 19.2 Å². The molecule has 0 amide bonds. The fourth-order valence-electron chi connectivity index (χ4n) is 1.70. The van der Waals surface area contributed by atoms with E-state index in [1.54, 1.807) is 13.2 Å². The van der Waals surface area contributed by atoms with Gasteiger partial charge in [0, 0.05) is 10.5 Å². The number of hydrogen-bond donors (Lipinski definition) is 1. The first-order valence-corrected chi connectivity index (χ1v) is 7.56. The Hall–Kier alpha value is -1.47. The maximum Gasteiger partial charge on any atom is 0.341 e. The number of furan rings is 1. The first kappa shape index (κ1) is 15.9. The molecule has 7 heteroatoms. The number of anilines is 1. The molecule has 1 aromatic heterocycles. The van der Waals surface area contributed by atoms with Crippen LogP contribution in [0.25, 0.3) is 0 Å². The van der Waals surface area contributed by atoms with E-state index in [1.165, 1.54) is 13.4 Å². The molecule has 0 bridgehead atoms. The lowest BCUT2D eigenvalue weighted by molar-refractivity contribution is 0.0600. The third-order valence-corrected chi connectivity index (χ3v) is 4.05. The second-order valence-corrected chi connectivity index (χ2v) is 5.82. The molecule has 0 fully saturated rings. The van der Waals surface area contributed by atoms with Crippen LogP contribution in [0.5, 0.6) is 5.75 Å². The second kappa shape index (κ2) is 7.00. The Kier molecular flexibility index (Phi) is 5.30. The summed E-state index contributed by atoms with van der Waals surface area (Å²) in [7, 11) is 2.94. The molecular formula is C14H13Br2NO4. The number of benzene rings is 1. The van der Waals surface area contributed by atoms with Gasteiger partial charge in [-0.05, 0) is 44.0 Å². The van der Waals surface area contributed by atoms with Crippen molar-refractivity contribution in [3.63, 3.8) is 0 Å². The zero-order chi connectivity index (χ0) is 15.4. The highest BCUT2D eigenvalue weighted by molar-refractivity contribution is 9.11. The summed E-state index contributed by atoms with van der Waals surface area (Å²) >= 11 is 6.88. The highest BCUT2D eigenvalue weighted by atomic mass is 79.9. The molecule has 0 aliphatic carbocycles. The molecule has 0 saturated heterocycles. The molecule has 1 heterocycles. The summed E-state index contributed by atoms with van der Waals surface area (Å²) in [5, 5.41) is 3.21. The Morgan fingerprint density at radius 2 is 2.00 bits per heavy atom. The van der Waals surface area contributed by atoms with Crippen molar-refractivity contribution >= 4 is 43.5 Å². The smallest absolute Gasteiger partial charge is 0.341 e. The van der Waals surface area contributed by atoms with E-state index in [2.05, 4.69) is 41.9 Å². The SMILES string of the molecule is COC(=O)c1coc(CNc2cc(OC)c(Br)cc2Br)c1. The van der Waals surface area contributed by atoms with Gasteiger partial charge in [0.2, 0.25) is 0 Å². The summed E-state index contributed by atoms with van der Waals surface area (Å²) < 4.78 is 16.9. The van der Waals surface area contributed by atoms with Crippen molar-refractivity contribution in [2.24, 2.45) is 0 Å². The van der Waals surface area contributed by atoms with Crippen molar-refractivity contribution in [1.82, 2.24) is 0 Å². The molecule has 5 nitrogen and oxygen atoms in total. The highest BCUT2D eigenvalue weighted by Gasteiger charge is 2.11. The van der Waals surface area contributed by atoms with E-state index in [4.69, 9.17) is 9.15 Å². The Morgan fingerprint density at radius 3 is 2.67 bits per heavy atom. The van der Waals surface area contributed by atoms with Gasteiger partial charge in [0.1, 0.15) is 17.8 Å². The number of ether oxygens (including phenoxy) is 2. The van der Waals surface area contributed by atoms with Crippen LogP contribution in [0.4, 0.5) is 5.69 Å². The average Bonchev–Trinajstić information content (AvgIpc) is 2.94. The van der Waals surface area contributed by atoms with Crippen LogP contribution in [-0.2, 0) is 11.3 Å². The van der Waals surface area contributed by atoms with Crippen LogP contribution in [-0.4, -0.2) is 20.2 Å². The summed E-state index contributed by atoms with van der Waals surface area (Å²) in [5.41, 5.74) is 1.24. The summed E-state index contributed by atoms with van der Waals surface area (Å²) in [6.45, 7) is 0.431. The second-order valence-electron chi connectivity index (χ2n) is 4.11. The van der Waals surface area contributed by atoms with Gasteiger partial charge in [0.05, 0.1) is 36.5 Å². The number of carbonyl (C=O) groups is 1. The molecule has 0 saturated carbocycles. The standard InChI is InChI=1S/C14H13Br2NO4/c1-19-13-5-12(10(15)4-11(13)16)17-6-9-3-8(7-21-9)14(18)20-2/h3-5,7,17H,6H2,1-2H3. The maximum atomic E-state index is 11.3. The fourth-order valence-corrected chi connectivity index (χ4v) is 3.00. The summed E-state index contributed by atoms with van der Waals surface area (Å²) in [6, 6.07) is 5.39. The summed E-state index contributed by atoms with van der Waals surface area (Å²) in [6.07, 6.45) is 1.38. The number of methoxy groups -OCH3 is 2. The van der Waals surface area contributed by atoms with Gasteiger partial charge in [0.25, 0.3) is 0 Å². The van der Waals surface area contributed by atoms with Crippen LogP contribution < -0.4 is 10.1 Å². The van der Waals surface area contributed by atoms with E-state index in [0.29, 0.717) is 17.9 Å². The molecule has 21 heavy (non-hydrogen) atoms. The molecule has 112 valence electrons. The minimum Gasteiger partial charge on any atom is -0.495 e. The summed E-state index contributed by atoms with van der Waals surface area (Å²) in [4.78, 5) is 11.3. The summed E-state index contributed by atoms with van der Waals surface area (Å²) in [5.74, 6) is 0.927. The van der Waals surface area contributed by atoms with Crippen molar-refractivity contribution < 1.29 is 18.7 Å². The number of hydrogen-bond acceptors (Lipinski definition) is 5. The molecule has 0 radical (unpaired) electrons. The normalized spacial score (nSPS) is 10.3. The van der Waals surface area contributed by atoms with Crippen LogP contribution in [0.3, 0.4) is 0 Å². The molecule has 0 spiro atoms. The number of nitrogens with one attached hydrogen (secondary N) is 1. The van der Waals surface area contributed by atoms with Crippen molar-refractivity contribution in [3.05, 3.63) is 44.7 Å². The molecule has 0 aliphatic heterocycles. The third-order valence-electron chi connectivity index (χ3n) is 2.77. The molecule has 1 N–H and O–H groups in total. The quantitative estimate of drug-likeness (QED) is 0.737. The Labute approximate surface area is 138 Å². The molecule has 1 aromatic carbocycles. The van der Waals surface area contributed by atoms with Crippen molar-refractivity contribution in [2.45, 2.75) is 6.54 Å². The Balaban J connectivity index is 2.09. The van der Waals surface area contributed by atoms with Crippen LogP contribution in [0.2, 0.25) is 0 Å². The monoisotopic (exact) mass is 417 g/mol. The Bertz CT molecular complexity index is 654. The van der Waals surface area contributed by atoms with E-state index in [9.17, 15) is 4.79 Å². The molecule has 0 unspecified atom stereocenters. The third kappa shape index (κ3) is 3.79. The van der Waals surface area contributed by atoms with Crippen molar-refractivity contribution in [2.75, 3.05) is 19.5 Å². The first-order chi connectivity index (χ1) is 10.0. The minimum atomic E-state index is -0.420. The Morgan fingerprint density at radius 1 is 1.24 bits per heavy atom. The zero-order valence-electron chi connectivity index (χ0n) is 11.4. The van der Waals surface area contributed by atoms with Gasteiger partial charge >= 0.3 is 5.97 Å². The lowest BCUT2D eigenvalue weighted by Gasteiger charge is -2.10. The molecular weight excluding hydrogens is 406 g/mol. The van der Waals surface area contributed by atoms with Gasteiger partial charge in [-0.1, -0.05) is 0 Å². The van der Waals surface area contributed by atoms with Crippen LogP contribution in [0.15, 0.2) is 37.8 Å². The first-order valence-electron chi connectivity index (χ1n) is 5.97. The predicted octanol–water partition coefficient (Wildman–Crippen LogP) is 4.21. The topological polar surface area (TPSA) is 60.7 Å². The number of esters is 1. The van der Waals surface area contributed by atoms with Crippen molar-refractivity contribution in [1.29, 1.82) is 0 Å². The van der Waals surface area contributed by atoms with E-state index in [0.717, 1.165) is 20.4 Å². The number of rotatable bonds is 5. The molecule has 2 aromatic rings. The lowest BCUT2D eigenvalue weighted by atomic mass is 10.3. The van der Waals surface area contributed by atoms with E-state index < -0.39 is 5.97 Å². The van der Waals surface area contributed by atoms with Crippen LogP contribution in [0, 0.1) is 0 Å². The van der Waals surface area contributed by atoms with Gasteiger partial charge in [-0.25, -0.2) is 4.79 Å². The van der Waals surface area contributed by atoms with Crippen LogP contribution in [0.1, 0.15) is 16.1 Å².